The van der Waals surface area contributed by atoms with Crippen LogP contribution >= 0.6 is 35.4 Å². The highest BCUT2D eigenvalue weighted by molar-refractivity contribution is 7.80. The predicted octanol–water partition coefficient (Wildman–Crippen LogP) is 5.09. The van der Waals surface area contributed by atoms with Gasteiger partial charge in [0.05, 0.1) is 10.7 Å². The van der Waals surface area contributed by atoms with E-state index in [4.69, 9.17) is 35.4 Å². The van der Waals surface area contributed by atoms with Gasteiger partial charge >= 0.3 is 0 Å². The molecule has 0 radical (unpaired) electrons. The smallest absolute Gasteiger partial charge is 0.196 e. The van der Waals surface area contributed by atoms with Gasteiger partial charge in [0.15, 0.2) is 10.9 Å². The van der Waals surface area contributed by atoms with Crippen LogP contribution in [0.2, 0.25) is 10.0 Å². The maximum atomic E-state index is 12.8. The predicted molar refractivity (Wildman–Crippen MR) is 105 cm³/mol. The number of rotatable bonds is 5. The van der Waals surface area contributed by atoms with Gasteiger partial charge in [-0.25, -0.2) is 0 Å². The summed E-state index contributed by atoms with van der Waals surface area (Å²) >= 11 is 17.4. The molecular weight excluding hydrogens is 363 g/mol. The van der Waals surface area contributed by atoms with E-state index >= 15 is 0 Å². The highest BCUT2D eigenvalue weighted by Crippen LogP contribution is 2.26. The molecule has 0 aromatic heterocycles. The van der Waals surface area contributed by atoms with Crippen LogP contribution < -0.4 is 10.6 Å². The first-order valence-corrected chi connectivity index (χ1v) is 8.33. The van der Waals surface area contributed by atoms with Gasteiger partial charge in [-0.3, -0.25) is 4.79 Å². The van der Waals surface area contributed by atoms with Crippen LogP contribution in [0.5, 0.6) is 0 Å². The third kappa shape index (κ3) is 4.81. The van der Waals surface area contributed by atoms with E-state index in [-0.39, 0.29) is 5.78 Å². The number of anilines is 1. The van der Waals surface area contributed by atoms with Crippen molar-refractivity contribution in [3.8, 4) is 0 Å². The minimum atomic E-state index is -0.228. The lowest BCUT2D eigenvalue weighted by atomic mass is 10.0. The van der Waals surface area contributed by atoms with E-state index in [0.29, 0.717) is 38.5 Å². The van der Waals surface area contributed by atoms with E-state index in [1.165, 1.54) is 0 Å². The number of thiocarbonyl (C=S) groups is 1. The van der Waals surface area contributed by atoms with Crippen molar-refractivity contribution in [2.24, 2.45) is 0 Å². The zero-order valence-corrected chi connectivity index (χ0v) is 15.4. The van der Waals surface area contributed by atoms with Gasteiger partial charge in [0.1, 0.15) is 0 Å². The van der Waals surface area contributed by atoms with E-state index in [1.54, 1.807) is 42.5 Å². The van der Waals surface area contributed by atoms with Crippen LogP contribution in [0.1, 0.15) is 22.8 Å². The number of halogens is 2. The number of hydrogen-bond donors (Lipinski definition) is 2. The molecule has 0 saturated heterocycles. The van der Waals surface area contributed by atoms with E-state index in [9.17, 15) is 4.79 Å². The van der Waals surface area contributed by atoms with Crippen molar-refractivity contribution in [2.45, 2.75) is 6.92 Å². The minimum Gasteiger partial charge on any atom is -0.359 e. The molecule has 124 valence electrons. The third-order valence-corrected chi connectivity index (χ3v) is 3.95. The second-order valence-electron chi connectivity index (χ2n) is 5.26. The van der Waals surface area contributed by atoms with Gasteiger partial charge in [0.25, 0.3) is 0 Å². The van der Waals surface area contributed by atoms with E-state index in [2.05, 4.69) is 17.2 Å². The fourth-order valence-electron chi connectivity index (χ4n) is 2.00. The van der Waals surface area contributed by atoms with Crippen LogP contribution in [-0.4, -0.2) is 17.4 Å². The summed E-state index contributed by atoms with van der Waals surface area (Å²) in [4.78, 5) is 12.8. The highest BCUT2D eigenvalue weighted by atomic mass is 35.5. The van der Waals surface area contributed by atoms with Gasteiger partial charge in [-0.2, -0.15) is 0 Å². The molecule has 0 fully saturated rings. The Balaban J connectivity index is 2.31. The van der Waals surface area contributed by atoms with Crippen LogP contribution in [0, 0.1) is 0 Å². The molecule has 2 rings (SSSR count). The van der Waals surface area contributed by atoms with Crippen molar-refractivity contribution in [1.82, 2.24) is 5.32 Å². The Morgan fingerprint density at radius 1 is 1.17 bits per heavy atom. The van der Waals surface area contributed by atoms with Gasteiger partial charge < -0.3 is 10.6 Å². The molecule has 0 aliphatic carbocycles. The van der Waals surface area contributed by atoms with Crippen LogP contribution in [0.15, 0.2) is 54.6 Å². The van der Waals surface area contributed by atoms with Gasteiger partial charge in [-0.15, -0.1) is 0 Å². The van der Waals surface area contributed by atoms with Crippen molar-refractivity contribution in [2.75, 3.05) is 11.9 Å². The molecule has 0 spiro atoms. The Kier molecular flexibility index (Phi) is 6.37. The van der Waals surface area contributed by atoms with Crippen molar-refractivity contribution in [3.05, 3.63) is 75.8 Å². The van der Waals surface area contributed by atoms with Gasteiger partial charge in [-0.1, -0.05) is 47.5 Å². The summed E-state index contributed by atoms with van der Waals surface area (Å²) in [6.07, 6.45) is 0. The van der Waals surface area contributed by atoms with Crippen molar-refractivity contribution in [1.29, 1.82) is 0 Å². The molecule has 0 unspecified atom stereocenters. The maximum absolute atomic E-state index is 12.8. The number of ketones is 1. The molecule has 0 aliphatic rings. The van der Waals surface area contributed by atoms with Crippen LogP contribution in [0.3, 0.4) is 0 Å². The second-order valence-corrected chi connectivity index (χ2v) is 6.52. The Morgan fingerprint density at radius 3 is 2.54 bits per heavy atom. The number of carbonyl (C=O) groups excluding carboxylic acids is 1. The maximum Gasteiger partial charge on any atom is 0.196 e. The Labute approximate surface area is 156 Å². The van der Waals surface area contributed by atoms with Crippen LogP contribution in [-0.2, 0) is 0 Å². The number of benzene rings is 2. The molecule has 0 atom stereocenters. The standard InChI is InChI=1S/C18H16Cl2N2OS/c1-11(2)10-21-18(24)22-16-8-7-12(19)9-14(16)17(23)13-5-3-4-6-15(13)20/h3-9H,1,10H2,2H3,(H2,21,22,24). The molecule has 0 heterocycles. The monoisotopic (exact) mass is 378 g/mol. The lowest BCUT2D eigenvalue weighted by molar-refractivity contribution is 0.103. The quantitative estimate of drug-likeness (QED) is 0.432. The molecule has 0 saturated carbocycles. The normalized spacial score (nSPS) is 10.1. The first-order chi connectivity index (χ1) is 11.4. The number of carbonyl (C=O) groups is 1. The minimum absolute atomic E-state index is 0.228. The summed E-state index contributed by atoms with van der Waals surface area (Å²) < 4.78 is 0. The fourth-order valence-corrected chi connectivity index (χ4v) is 2.58. The van der Waals surface area contributed by atoms with Crippen molar-refractivity contribution >= 4 is 52.0 Å². The van der Waals surface area contributed by atoms with Crippen LogP contribution in [0.4, 0.5) is 5.69 Å². The topological polar surface area (TPSA) is 41.1 Å². The lowest BCUT2D eigenvalue weighted by Gasteiger charge is -2.14. The molecule has 2 aromatic rings. The summed E-state index contributed by atoms with van der Waals surface area (Å²) in [6.45, 7) is 6.25. The average Bonchev–Trinajstić information content (AvgIpc) is 2.54. The Bertz CT molecular complexity index is 805. The summed E-state index contributed by atoms with van der Waals surface area (Å²) in [5, 5.41) is 7.27. The second kappa shape index (κ2) is 8.29. The van der Waals surface area contributed by atoms with Gasteiger partial charge in [0, 0.05) is 22.7 Å². The first-order valence-electron chi connectivity index (χ1n) is 7.16. The van der Waals surface area contributed by atoms with Gasteiger partial charge in [0.2, 0.25) is 0 Å². The number of nitrogens with one attached hydrogen (secondary N) is 2. The molecule has 3 nitrogen and oxygen atoms in total. The molecule has 0 amide bonds. The molecular formula is C18H16Cl2N2OS. The van der Waals surface area contributed by atoms with Crippen LogP contribution in [0.25, 0.3) is 0 Å². The highest BCUT2D eigenvalue weighted by Gasteiger charge is 2.17. The molecule has 2 aromatic carbocycles. The molecule has 0 aliphatic heterocycles. The van der Waals surface area contributed by atoms with E-state index in [0.717, 1.165) is 5.57 Å². The molecule has 6 heteroatoms. The number of hydrogen-bond acceptors (Lipinski definition) is 2. The molecule has 0 bridgehead atoms. The summed E-state index contributed by atoms with van der Waals surface area (Å²) in [5.41, 5.74) is 2.31. The zero-order valence-electron chi connectivity index (χ0n) is 13.0. The third-order valence-electron chi connectivity index (χ3n) is 3.14. The summed E-state index contributed by atoms with van der Waals surface area (Å²) in [6, 6.07) is 11.9. The van der Waals surface area contributed by atoms with Crippen molar-refractivity contribution in [3.63, 3.8) is 0 Å². The Morgan fingerprint density at radius 2 is 1.88 bits per heavy atom. The molecule has 2 N–H and O–H groups in total. The zero-order chi connectivity index (χ0) is 17.7. The SMILES string of the molecule is C=C(C)CNC(=S)Nc1ccc(Cl)cc1C(=O)c1ccccc1Cl. The first kappa shape index (κ1) is 18.5. The summed E-state index contributed by atoms with van der Waals surface area (Å²) in [5.74, 6) is -0.228. The fraction of sp³-hybridized carbons (Fsp3) is 0.111. The van der Waals surface area contributed by atoms with Gasteiger partial charge in [-0.05, 0) is 49.5 Å². The lowest BCUT2D eigenvalue weighted by Crippen LogP contribution is -2.30. The van der Waals surface area contributed by atoms with E-state index < -0.39 is 0 Å². The van der Waals surface area contributed by atoms with E-state index in [1.807, 2.05) is 6.92 Å². The summed E-state index contributed by atoms with van der Waals surface area (Å²) in [7, 11) is 0. The molecule has 24 heavy (non-hydrogen) atoms. The Hall–Kier alpha value is -1.88. The largest absolute Gasteiger partial charge is 0.359 e. The van der Waals surface area contributed by atoms with Crippen molar-refractivity contribution < 1.29 is 4.79 Å². The average molecular weight is 379 g/mol.